The van der Waals surface area contributed by atoms with Crippen LogP contribution in [0.2, 0.25) is 0 Å². The Labute approximate surface area is 440 Å². The second-order valence-electron chi connectivity index (χ2n) is 19.0. The van der Waals surface area contributed by atoms with E-state index >= 15 is 0 Å². The van der Waals surface area contributed by atoms with Crippen LogP contribution in [0, 0.1) is 0 Å². The van der Waals surface area contributed by atoms with Gasteiger partial charge in [0.2, 0.25) is 6.29 Å². The van der Waals surface area contributed by atoms with Crippen molar-refractivity contribution in [2.24, 2.45) is 20.4 Å². The highest BCUT2D eigenvalue weighted by Gasteiger charge is 2.25. The van der Waals surface area contributed by atoms with Crippen molar-refractivity contribution < 1.29 is 9.47 Å². The molecule has 10 nitrogen and oxygen atoms in total. The van der Waals surface area contributed by atoms with E-state index in [4.69, 9.17) is 34.9 Å². The van der Waals surface area contributed by atoms with E-state index in [1.807, 2.05) is 81.0 Å². The second-order valence-corrected chi connectivity index (χ2v) is 19.0. The summed E-state index contributed by atoms with van der Waals surface area (Å²) in [4.78, 5) is 5.00. The third-order valence-corrected chi connectivity index (χ3v) is 13.4. The van der Waals surface area contributed by atoms with Crippen LogP contribution in [0.15, 0.2) is 178 Å². The van der Waals surface area contributed by atoms with Gasteiger partial charge in [-0.05, 0) is 138 Å². The monoisotopic (exact) mass is 987 g/mol. The molecule has 0 bridgehead atoms. The van der Waals surface area contributed by atoms with Gasteiger partial charge in [0.05, 0.1) is 49.4 Å². The van der Waals surface area contributed by atoms with E-state index in [1.165, 1.54) is 99.3 Å². The SMILES string of the molecule is CCCCCCCCc1ccc(-c2ccc(C3=CN(/N=C/c4ccc(OCC)cc4)[C@H](N=Nc4nc(-c5ccc(-c6ccc(CCCCCCCC)cc6)cc5)cn4/N=C/c4ccc(OCC)cc4)N3)cc2)cc1. The van der Waals surface area contributed by atoms with Crippen LogP contribution in [-0.2, 0) is 12.8 Å². The van der Waals surface area contributed by atoms with Gasteiger partial charge in [0.25, 0.3) is 5.95 Å². The molecule has 8 rings (SSSR count). The van der Waals surface area contributed by atoms with Gasteiger partial charge in [0.1, 0.15) is 11.5 Å². The number of aryl methyl sites for hydroxylation is 2. The molecule has 2 heterocycles. The van der Waals surface area contributed by atoms with E-state index in [-0.39, 0.29) is 0 Å². The van der Waals surface area contributed by atoms with Gasteiger partial charge in [0.15, 0.2) is 0 Å². The van der Waals surface area contributed by atoms with E-state index in [0.29, 0.717) is 19.2 Å². The first-order valence-corrected chi connectivity index (χ1v) is 27.2. The molecule has 0 radical (unpaired) electrons. The summed E-state index contributed by atoms with van der Waals surface area (Å²) >= 11 is 0. The third kappa shape index (κ3) is 15.5. The smallest absolute Gasteiger partial charge is 0.270 e. The lowest BCUT2D eigenvalue weighted by Gasteiger charge is -2.15. The Morgan fingerprint density at radius 3 is 1.41 bits per heavy atom. The van der Waals surface area contributed by atoms with Crippen LogP contribution in [0.3, 0.4) is 0 Å². The summed E-state index contributed by atoms with van der Waals surface area (Å²) in [5.41, 5.74) is 12.8. The van der Waals surface area contributed by atoms with Crippen molar-refractivity contribution in [1.82, 2.24) is 20.0 Å². The highest BCUT2D eigenvalue weighted by molar-refractivity contribution is 5.81. The maximum atomic E-state index is 5.68. The number of benzene rings is 6. The van der Waals surface area contributed by atoms with Crippen molar-refractivity contribution in [3.05, 3.63) is 186 Å². The number of imidazole rings is 1. The molecule has 0 saturated carbocycles. The lowest BCUT2D eigenvalue weighted by Crippen LogP contribution is -2.30. The van der Waals surface area contributed by atoms with E-state index in [0.717, 1.165) is 69.1 Å². The average molecular weight is 987 g/mol. The van der Waals surface area contributed by atoms with Gasteiger partial charge < -0.3 is 14.8 Å². The molecule has 0 aliphatic carbocycles. The fourth-order valence-electron chi connectivity index (χ4n) is 9.06. The van der Waals surface area contributed by atoms with Crippen LogP contribution in [0.5, 0.6) is 11.5 Å². The lowest BCUT2D eigenvalue weighted by atomic mass is 9.99. The summed E-state index contributed by atoms with van der Waals surface area (Å²) in [5.74, 6) is 1.94. The van der Waals surface area contributed by atoms with Gasteiger partial charge in [-0.3, -0.25) is 0 Å². The van der Waals surface area contributed by atoms with E-state index in [9.17, 15) is 0 Å². The standard InChI is InChI=1S/C64H74N8O2/c1-5-9-11-13-15-17-19-49-21-29-53(30-22-49)55-33-37-57(38-34-55)61-47-71(65-45-51-25-41-59(42-26-51)73-7-3)63(67-61)69-70-64-68-62(48-72(64)66-46-52-27-43-60(44-28-52)74-8-4)58-39-35-56(36-40-58)54-31-23-50(24-32-54)20-18-16-14-12-10-6-2/h21-48,63,67H,5-20H2,1-4H3/b65-45+,66-46+,70-69?/t63-/m0/s1. The first kappa shape index (κ1) is 52.7. The summed E-state index contributed by atoms with van der Waals surface area (Å²) < 4.78 is 13.0. The maximum absolute atomic E-state index is 5.68. The number of aromatic nitrogens is 2. The van der Waals surface area contributed by atoms with E-state index < -0.39 is 6.29 Å². The minimum absolute atomic E-state index is 0.320. The fourth-order valence-corrected chi connectivity index (χ4v) is 9.06. The molecule has 7 aromatic rings. The normalized spacial score (nSPS) is 13.6. The molecular weight excluding hydrogens is 913 g/mol. The highest BCUT2D eigenvalue weighted by atomic mass is 16.5. The molecule has 1 N–H and O–H groups in total. The van der Waals surface area contributed by atoms with Crippen molar-refractivity contribution >= 4 is 24.1 Å². The van der Waals surface area contributed by atoms with E-state index in [1.54, 1.807) is 15.9 Å². The predicted octanol–water partition coefficient (Wildman–Crippen LogP) is 16.7. The zero-order valence-corrected chi connectivity index (χ0v) is 44.0. The molecule has 10 heteroatoms. The maximum Gasteiger partial charge on any atom is 0.270 e. The summed E-state index contributed by atoms with van der Waals surface area (Å²) in [6.45, 7) is 9.70. The number of azo groups is 1. The molecule has 74 heavy (non-hydrogen) atoms. The Bertz CT molecular complexity index is 2880. The Kier molecular flexibility index (Phi) is 20.0. The largest absolute Gasteiger partial charge is 0.494 e. The van der Waals surface area contributed by atoms with Crippen molar-refractivity contribution in [2.75, 3.05) is 13.2 Å². The summed E-state index contributed by atoms with van der Waals surface area (Å²) in [6.07, 6.45) is 24.7. The van der Waals surface area contributed by atoms with Crippen LogP contribution < -0.4 is 14.8 Å². The molecule has 0 amide bonds. The number of hydrogen-bond acceptors (Lipinski definition) is 9. The minimum atomic E-state index is -0.678. The fraction of sp³-hybridized carbons (Fsp3) is 0.328. The van der Waals surface area contributed by atoms with Crippen molar-refractivity contribution in [3.63, 3.8) is 0 Å². The third-order valence-electron chi connectivity index (χ3n) is 13.4. The van der Waals surface area contributed by atoms with Gasteiger partial charge in [-0.2, -0.15) is 10.2 Å². The highest BCUT2D eigenvalue weighted by Crippen LogP contribution is 2.30. The Morgan fingerprint density at radius 2 is 0.919 bits per heavy atom. The molecule has 0 saturated heterocycles. The van der Waals surface area contributed by atoms with Gasteiger partial charge >= 0.3 is 0 Å². The predicted molar refractivity (Wildman–Crippen MR) is 306 cm³/mol. The number of nitrogens with zero attached hydrogens (tertiary/aromatic N) is 7. The Balaban J connectivity index is 1.01. The molecule has 382 valence electrons. The van der Waals surface area contributed by atoms with Gasteiger partial charge in [-0.15, -0.1) is 10.2 Å². The van der Waals surface area contributed by atoms with Crippen LogP contribution in [0.25, 0.3) is 39.2 Å². The summed E-state index contributed by atoms with van der Waals surface area (Å²) in [7, 11) is 0. The molecule has 0 unspecified atom stereocenters. The van der Waals surface area contributed by atoms with Gasteiger partial charge in [0, 0.05) is 5.56 Å². The van der Waals surface area contributed by atoms with Crippen LogP contribution in [0.4, 0.5) is 5.95 Å². The Hall–Kier alpha value is -7.59. The first-order valence-electron chi connectivity index (χ1n) is 27.2. The topological polar surface area (TPSA) is 101 Å². The zero-order valence-electron chi connectivity index (χ0n) is 44.0. The van der Waals surface area contributed by atoms with Crippen LogP contribution in [-0.4, -0.2) is 46.6 Å². The van der Waals surface area contributed by atoms with Crippen molar-refractivity contribution in [3.8, 4) is 45.0 Å². The van der Waals surface area contributed by atoms with E-state index in [2.05, 4.69) is 116 Å². The summed E-state index contributed by atoms with van der Waals surface area (Å²) in [6, 6.07) is 50.9. The first-order chi connectivity index (χ1) is 36.5. The molecule has 1 atom stereocenters. The number of unbranched alkanes of at least 4 members (excludes halogenated alkanes) is 10. The second kappa shape index (κ2) is 28.0. The van der Waals surface area contributed by atoms with Crippen LogP contribution >= 0.6 is 0 Å². The number of hydrogen-bond donors (Lipinski definition) is 1. The van der Waals surface area contributed by atoms with Gasteiger partial charge in [-0.25, -0.2) is 14.7 Å². The summed E-state index contributed by atoms with van der Waals surface area (Å²) in [5, 5.41) is 24.7. The average Bonchev–Trinajstić information content (AvgIpc) is 4.06. The number of ether oxygens (including phenoxy) is 2. The zero-order chi connectivity index (χ0) is 51.2. The number of rotatable bonds is 28. The minimum Gasteiger partial charge on any atom is -0.494 e. The molecular formula is C64H74N8O2. The number of hydrazone groups is 1. The Morgan fingerprint density at radius 1 is 0.486 bits per heavy atom. The molecule has 1 aliphatic heterocycles. The lowest BCUT2D eigenvalue weighted by molar-refractivity contribution is 0.293. The van der Waals surface area contributed by atoms with Crippen molar-refractivity contribution in [2.45, 2.75) is 124 Å². The quantitative estimate of drug-likeness (QED) is 0.0299. The molecule has 0 spiro atoms. The molecule has 1 aromatic heterocycles. The van der Waals surface area contributed by atoms with Crippen molar-refractivity contribution in [1.29, 1.82) is 0 Å². The van der Waals surface area contributed by atoms with Crippen LogP contribution in [0.1, 0.15) is 133 Å². The van der Waals surface area contributed by atoms with Gasteiger partial charge in [-0.1, -0.05) is 175 Å². The number of nitrogens with one attached hydrogen (secondary N) is 1. The molecule has 6 aromatic carbocycles. The molecule has 0 fully saturated rings. The molecule has 1 aliphatic rings.